The number of benzene rings is 2. The zero-order valence-corrected chi connectivity index (χ0v) is 16.4. The van der Waals surface area contributed by atoms with Crippen LogP contribution >= 0.6 is 0 Å². The van der Waals surface area contributed by atoms with E-state index in [9.17, 15) is 4.79 Å². The fourth-order valence-corrected chi connectivity index (χ4v) is 2.93. The number of H-pyrrole nitrogens is 1. The van der Waals surface area contributed by atoms with E-state index >= 15 is 0 Å². The van der Waals surface area contributed by atoms with Crippen LogP contribution in [-0.4, -0.2) is 31.2 Å². The van der Waals surface area contributed by atoms with E-state index in [-0.39, 0.29) is 18.4 Å². The van der Waals surface area contributed by atoms with E-state index in [0.717, 1.165) is 11.4 Å². The molecular formula is C21H21N7O2. The molecule has 0 spiro atoms. The Morgan fingerprint density at radius 2 is 1.87 bits per heavy atom. The molecular weight excluding hydrogens is 382 g/mol. The molecule has 1 atom stereocenters. The summed E-state index contributed by atoms with van der Waals surface area (Å²) in [5, 5.41) is 16.5. The molecule has 9 heteroatoms. The molecule has 9 nitrogen and oxygen atoms in total. The van der Waals surface area contributed by atoms with Gasteiger partial charge in [-0.15, -0.1) is 0 Å². The predicted molar refractivity (Wildman–Crippen MR) is 112 cm³/mol. The normalized spacial score (nSPS) is 11.8. The third-order valence-electron chi connectivity index (χ3n) is 4.51. The molecule has 152 valence electrons. The minimum atomic E-state index is -0.132. The largest absolute Gasteiger partial charge is 0.379 e. The first-order valence-electron chi connectivity index (χ1n) is 9.57. The molecule has 0 aliphatic heterocycles. The molecule has 30 heavy (non-hydrogen) atoms. The van der Waals surface area contributed by atoms with Crippen molar-refractivity contribution in [2.75, 3.05) is 10.6 Å². The fraction of sp³-hybridized carbons (Fsp3) is 0.190. The summed E-state index contributed by atoms with van der Waals surface area (Å²) in [7, 11) is 0. The third-order valence-corrected chi connectivity index (χ3v) is 4.51. The molecule has 0 fully saturated rings. The Kier molecular flexibility index (Phi) is 5.79. The van der Waals surface area contributed by atoms with Gasteiger partial charge in [-0.3, -0.25) is 9.89 Å². The molecule has 0 saturated heterocycles. The third kappa shape index (κ3) is 4.88. The Labute approximate surface area is 172 Å². The Bertz CT molecular complexity index is 1080. The van der Waals surface area contributed by atoms with Gasteiger partial charge in [-0.2, -0.15) is 10.1 Å². The van der Waals surface area contributed by atoms with Crippen molar-refractivity contribution in [2.45, 2.75) is 25.8 Å². The minimum Gasteiger partial charge on any atom is -0.379 e. The number of aromatic nitrogens is 5. The van der Waals surface area contributed by atoms with Gasteiger partial charge in [0.15, 0.2) is 5.82 Å². The van der Waals surface area contributed by atoms with Gasteiger partial charge in [0.05, 0.1) is 0 Å². The van der Waals surface area contributed by atoms with Crippen LogP contribution in [0.3, 0.4) is 0 Å². The highest BCUT2D eigenvalue weighted by Gasteiger charge is 2.12. The summed E-state index contributed by atoms with van der Waals surface area (Å²) in [6, 6.07) is 18.0. The Balaban J connectivity index is 1.26. The molecule has 0 radical (unpaired) electrons. The van der Waals surface area contributed by atoms with Gasteiger partial charge in [0.25, 0.3) is 0 Å². The Hall–Kier alpha value is -4.01. The van der Waals surface area contributed by atoms with Crippen LogP contribution in [0.25, 0.3) is 11.6 Å². The molecule has 2 heterocycles. The monoisotopic (exact) mass is 403 g/mol. The number of nitrogens with one attached hydrogen (secondary N) is 3. The van der Waals surface area contributed by atoms with Crippen molar-refractivity contribution in [3.05, 3.63) is 72.4 Å². The summed E-state index contributed by atoms with van der Waals surface area (Å²) in [4.78, 5) is 20.4. The first kappa shape index (κ1) is 19.3. The van der Waals surface area contributed by atoms with E-state index < -0.39 is 0 Å². The van der Waals surface area contributed by atoms with Crippen molar-refractivity contribution in [2.24, 2.45) is 0 Å². The highest BCUT2D eigenvalue weighted by molar-refractivity contribution is 5.90. The predicted octanol–water partition coefficient (Wildman–Crippen LogP) is 3.60. The van der Waals surface area contributed by atoms with Crippen molar-refractivity contribution >= 4 is 17.3 Å². The number of anilines is 2. The molecule has 3 N–H and O–H groups in total. The van der Waals surface area contributed by atoms with Crippen molar-refractivity contribution in [1.82, 2.24) is 25.3 Å². The maximum Gasteiger partial charge on any atom is 0.239 e. The van der Waals surface area contributed by atoms with Crippen LogP contribution in [0, 0.1) is 0 Å². The number of hydrogen-bond donors (Lipinski definition) is 3. The van der Waals surface area contributed by atoms with Gasteiger partial charge in [-0.25, -0.2) is 4.98 Å². The van der Waals surface area contributed by atoms with Crippen LogP contribution < -0.4 is 10.6 Å². The summed E-state index contributed by atoms with van der Waals surface area (Å²) in [5.41, 5.74) is 2.92. The smallest absolute Gasteiger partial charge is 0.239 e. The maximum absolute atomic E-state index is 12.2. The van der Waals surface area contributed by atoms with Crippen LogP contribution in [0.1, 0.15) is 30.8 Å². The van der Waals surface area contributed by atoms with E-state index in [0.29, 0.717) is 24.0 Å². The molecule has 2 aromatic heterocycles. The molecule has 4 rings (SSSR count). The Morgan fingerprint density at radius 1 is 1.10 bits per heavy atom. The Morgan fingerprint density at radius 3 is 2.60 bits per heavy atom. The highest BCUT2D eigenvalue weighted by Crippen LogP contribution is 2.21. The van der Waals surface area contributed by atoms with Crippen LogP contribution in [0.15, 0.2) is 65.4 Å². The summed E-state index contributed by atoms with van der Waals surface area (Å²) >= 11 is 0. The SMILES string of the molecule is CC(Nc1ccc(NC(=O)CCc2nc(-c3ncn[nH]3)no2)cc1)c1ccccc1. The van der Waals surface area contributed by atoms with E-state index in [4.69, 9.17) is 4.52 Å². The second-order valence-electron chi connectivity index (χ2n) is 6.75. The zero-order chi connectivity index (χ0) is 20.8. The molecule has 2 aromatic carbocycles. The van der Waals surface area contributed by atoms with E-state index in [1.165, 1.54) is 11.9 Å². The van der Waals surface area contributed by atoms with Crippen LogP contribution in [0.4, 0.5) is 11.4 Å². The number of nitrogens with zero attached hydrogens (tertiary/aromatic N) is 4. The van der Waals surface area contributed by atoms with Gasteiger partial charge in [-0.05, 0) is 36.8 Å². The van der Waals surface area contributed by atoms with Crippen molar-refractivity contribution < 1.29 is 9.32 Å². The van der Waals surface area contributed by atoms with Gasteiger partial charge in [0, 0.05) is 30.3 Å². The lowest BCUT2D eigenvalue weighted by molar-refractivity contribution is -0.116. The summed E-state index contributed by atoms with van der Waals surface area (Å²) in [6.07, 6.45) is 1.92. The average molecular weight is 403 g/mol. The lowest BCUT2D eigenvalue weighted by Gasteiger charge is -2.16. The van der Waals surface area contributed by atoms with E-state index in [1.54, 1.807) is 0 Å². The first-order valence-corrected chi connectivity index (χ1v) is 9.57. The number of carbonyl (C=O) groups is 1. The van der Waals surface area contributed by atoms with Crippen LogP contribution in [0.5, 0.6) is 0 Å². The highest BCUT2D eigenvalue weighted by atomic mass is 16.5. The lowest BCUT2D eigenvalue weighted by Crippen LogP contribution is -2.12. The topological polar surface area (TPSA) is 122 Å². The van der Waals surface area contributed by atoms with E-state index in [2.05, 4.69) is 55.0 Å². The molecule has 0 aliphatic rings. The van der Waals surface area contributed by atoms with Gasteiger partial charge in [-0.1, -0.05) is 35.5 Å². The number of rotatable bonds is 8. The second kappa shape index (κ2) is 8.99. The van der Waals surface area contributed by atoms with Gasteiger partial charge in [0.2, 0.25) is 17.6 Å². The van der Waals surface area contributed by atoms with E-state index in [1.807, 2.05) is 42.5 Å². The molecule has 0 bridgehead atoms. The lowest BCUT2D eigenvalue weighted by atomic mass is 10.1. The average Bonchev–Trinajstić information content (AvgIpc) is 3.46. The summed E-state index contributed by atoms with van der Waals surface area (Å²) < 4.78 is 5.14. The molecule has 1 amide bonds. The van der Waals surface area contributed by atoms with Gasteiger partial charge < -0.3 is 15.2 Å². The molecule has 1 unspecified atom stereocenters. The van der Waals surface area contributed by atoms with Crippen molar-refractivity contribution in [3.63, 3.8) is 0 Å². The number of aromatic amines is 1. The fourth-order valence-electron chi connectivity index (χ4n) is 2.93. The quantitative estimate of drug-likeness (QED) is 0.411. The van der Waals surface area contributed by atoms with Crippen LogP contribution in [0.2, 0.25) is 0 Å². The number of amides is 1. The number of aryl methyl sites for hydroxylation is 1. The molecule has 4 aromatic rings. The first-order chi connectivity index (χ1) is 14.7. The number of hydrogen-bond acceptors (Lipinski definition) is 7. The number of carbonyl (C=O) groups excluding carboxylic acids is 1. The summed E-state index contributed by atoms with van der Waals surface area (Å²) in [5.74, 6) is 0.972. The molecule has 0 saturated carbocycles. The second-order valence-corrected chi connectivity index (χ2v) is 6.75. The van der Waals surface area contributed by atoms with Crippen LogP contribution in [-0.2, 0) is 11.2 Å². The van der Waals surface area contributed by atoms with Gasteiger partial charge >= 0.3 is 0 Å². The zero-order valence-electron chi connectivity index (χ0n) is 16.4. The van der Waals surface area contributed by atoms with Gasteiger partial charge in [0.1, 0.15) is 6.33 Å². The standard InChI is InChI=1S/C21H21N7O2/c1-14(15-5-3-2-4-6-15)24-16-7-9-17(10-8-16)25-18(29)11-12-19-26-21(28-30-19)20-22-13-23-27-20/h2-10,13-14,24H,11-12H2,1H3,(H,25,29)(H,22,23,27). The molecule has 0 aliphatic carbocycles. The summed E-state index contributed by atoms with van der Waals surface area (Å²) in [6.45, 7) is 2.11. The van der Waals surface area contributed by atoms with Crippen molar-refractivity contribution in [3.8, 4) is 11.6 Å². The minimum absolute atomic E-state index is 0.132. The van der Waals surface area contributed by atoms with Crippen molar-refractivity contribution in [1.29, 1.82) is 0 Å². The maximum atomic E-state index is 12.2.